The molecule has 0 unspecified atom stereocenters. The topological polar surface area (TPSA) is 111 Å². The quantitative estimate of drug-likeness (QED) is 0.378. The molecule has 2 aromatic carbocycles. The molecule has 15 heteroatoms. The molecule has 0 saturated heterocycles. The van der Waals surface area contributed by atoms with E-state index in [0.717, 1.165) is 18.3 Å². The van der Waals surface area contributed by atoms with Crippen LogP contribution in [0.2, 0.25) is 0 Å². The van der Waals surface area contributed by atoms with Gasteiger partial charge in [0, 0.05) is 17.4 Å². The summed E-state index contributed by atoms with van der Waals surface area (Å²) in [6.45, 7) is 3.08. The number of oxazole rings is 1. The van der Waals surface area contributed by atoms with Crippen LogP contribution >= 0.6 is 0 Å². The van der Waals surface area contributed by atoms with E-state index in [1.54, 1.807) is 0 Å². The van der Waals surface area contributed by atoms with Crippen molar-refractivity contribution in [2.75, 3.05) is 10.6 Å². The van der Waals surface area contributed by atoms with E-state index in [4.69, 9.17) is 0 Å². The van der Waals surface area contributed by atoms with E-state index in [0.29, 0.717) is 16.8 Å². The first kappa shape index (κ1) is 24.6. The molecular weight excluding hydrogens is 500 g/mol. The Morgan fingerprint density at radius 1 is 1.00 bits per heavy atom. The molecular formula is C21H13F6N5O4. The van der Waals surface area contributed by atoms with E-state index in [2.05, 4.69) is 29.9 Å². The predicted molar refractivity (Wildman–Crippen MR) is 113 cm³/mol. The van der Waals surface area contributed by atoms with Gasteiger partial charge in [0.2, 0.25) is 5.95 Å². The summed E-state index contributed by atoms with van der Waals surface area (Å²) in [5.74, 6) is -7.63. The third kappa shape index (κ3) is 4.80. The summed E-state index contributed by atoms with van der Waals surface area (Å²) in [6.07, 6.45) is -4.68. The molecule has 0 spiro atoms. The molecule has 9 nitrogen and oxygen atoms in total. The number of hydrogen-bond donors (Lipinski definition) is 2. The number of aromatic nitrogens is 3. The van der Waals surface area contributed by atoms with E-state index < -0.39 is 52.3 Å². The molecule has 0 aliphatic heterocycles. The van der Waals surface area contributed by atoms with E-state index in [9.17, 15) is 35.9 Å². The van der Waals surface area contributed by atoms with Crippen LogP contribution in [0.5, 0.6) is 0 Å². The van der Waals surface area contributed by atoms with Crippen molar-refractivity contribution in [3.05, 3.63) is 69.6 Å². The SMILES string of the molecule is Cc1cc(Nc2ncc(F)c(Nc3cc(F)c4oc(=O)n(OC(=O)C(F)(F)F)c4c3)n2)cc(C)c1F. The number of fused-ring (bicyclic) bond motifs is 1. The van der Waals surface area contributed by atoms with Crippen LogP contribution in [-0.2, 0) is 4.79 Å². The van der Waals surface area contributed by atoms with E-state index in [1.807, 2.05) is 0 Å². The lowest BCUT2D eigenvalue weighted by molar-refractivity contribution is -0.200. The third-order valence-electron chi connectivity index (χ3n) is 4.70. The second kappa shape index (κ2) is 8.90. The van der Waals surface area contributed by atoms with Crippen LogP contribution in [0.25, 0.3) is 11.1 Å². The molecule has 2 heterocycles. The molecule has 36 heavy (non-hydrogen) atoms. The van der Waals surface area contributed by atoms with Crippen LogP contribution in [0, 0.1) is 31.3 Å². The highest BCUT2D eigenvalue weighted by molar-refractivity contribution is 5.81. The number of rotatable bonds is 5. The van der Waals surface area contributed by atoms with Gasteiger partial charge in [-0.25, -0.2) is 27.7 Å². The second-order valence-electron chi connectivity index (χ2n) is 7.41. The molecule has 0 amide bonds. The van der Waals surface area contributed by atoms with Gasteiger partial charge in [-0.2, -0.15) is 18.2 Å². The van der Waals surface area contributed by atoms with Crippen molar-refractivity contribution in [2.45, 2.75) is 20.0 Å². The number of anilines is 4. The monoisotopic (exact) mass is 513 g/mol. The van der Waals surface area contributed by atoms with Crippen LogP contribution in [0.3, 0.4) is 0 Å². The molecule has 4 rings (SSSR count). The first-order valence-corrected chi connectivity index (χ1v) is 9.81. The van der Waals surface area contributed by atoms with Crippen molar-refractivity contribution in [3.8, 4) is 0 Å². The Morgan fingerprint density at radius 2 is 1.64 bits per heavy atom. The van der Waals surface area contributed by atoms with Crippen molar-refractivity contribution < 1.29 is 40.4 Å². The fourth-order valence-corrected chi connectivity index (χ4v) is 3.15. The lowest BCUT2D eigenvalue weighted by Gasteiger charge is -2.11. The van der Waals surface area contributed by atoms with Gasteiger partial charge in [0.25, 0.3) is 0 Å². The molecule has 0 radical (unpaired) electrons. The lowest BCUT2D eigenvalue weighted by atomic mass is 10.1. The second-order valence-corrected chi connectivity index (χ2v) is 7.41. The minimum atomic E-state index is -5.45. The predicted octanol–water partition coefficient (Wildman–Crippen LogP) is 4.42. The average molecular weight is 513 g/mol. The maximum atomic E-state index is 14.5. The molecule has 4 aromatic rings. The van der Waals surface area contributed by atoms with Gasteiger partial charge < -0.3 is 19.9 Å². The number of nitrogens with zero attached hydrogens (tertiary/aromatic N) is 3. The molecule has 0 bridgehead atoms. The van der Waals surface area contributed by atoms with Crippen LogP contribution < -0.4 is 21.2 Å². The van der Waals surface area contributed by atoms with E-state index >= 15 is 0 Å². The van der Waals surface area contributed by atoms with Gasteiger partial charge in [0.1, 0.15) is 11.3 Å². The Bertz CT molecular complexity index is 1540. The molecule has 0 aliphatic carbocycles. The number of carbonyl (C=O) groups is 1. The van der Waals surface area contributed by atoms with Crippen molar-refractivity contribution in [1.29, 1.82) is 0 Å². The first-order chi connectivity index (χ1) is 16.8. The fourth-order valence-electron chi connectivity index (χ4n) is 3.15. The minimum absolute atomic E-state index is 0.134. The van der Waals surface area contributed by atoms with Crippen LogP contribution in [0.4, 0.5) is 49.5 Å². The fraction of sp³-hybridized carbons (Fsp3) is 0.143. The number of alkyl halides is 3. The Hall–Kier alpha value is -4.56. The zero-order chi connectivity index (χ0) is 26.4. The number of halogens is 6. The van der Waals surface area contributed by atoms with Gasteiger partial charge >= 0.3 is 17.9 Å². The van der Waals surface area contributed by atoms with Crippen molar-refractivity contribution >= 4 is 40.2 Å². The summed E-state index contributed by atoms with van der Waals surface area (Å²) < 4.78 is 84.6. The summed E-state index contributed by atoms with van der Waals surface area (Å²) in [5.41, 5.74) is -0.739. The number of benzene rings is 2. The van der Waals surface area contributed by atoms with Gasteiger partial charge in [-0.15, -0.1) is 0 Å². The molecule has 0 atom stereocenters. The third-order valence-corrected chi connectivity index (χ3v) is 4.70. The molecule has 0 aliphatic rings. The Labute approximate surface area is 196 Å². The summed E-state index contributed by atoms with van der Waals surface area (Å²) in [4.78, 5) is 34.6. The summed E-state index contributed by atoms with van der Waals surface area (Å²) in [5, 5.41) is 5.16. The van der Waals surface area contributed by atoms with Crippen LogP contribution in [0.15, 0.2) is 39.7 Å². The van der Waals surface area contributed by atoms with Crippen LogP contribution in [0.1, 0.15) is 11.1 Å². The number of carbonyl (C=O) groups excluding carboxylic acids is 1. The van der Waals surface area contributed by atoms with Gasteiger partial charge in [-0.1, -0.05) is 4.73 Å². The zero-order valence-electron chi connectivity index (χ0n) is 18.1. The zero-order valence-corrected chi connectivity index (χ0v) is 18.1. The molecule has 0 fully saturated rings. The van der Waals surface area contributed by atoms with Crippen molar-refractivity contribution in [1.82, 2.24) is 14.7 Å². The largest absolute Gasteiger partial charge is 0.493 e. The van der Waals surface area contributed by atoms with Crippen molar-refractivity contribution in [2.24, 2.45) is 0 Å². The highest BCUT2D eigenvalue weighted by atomic mass is 19.4. The van der Waals surface area contributed by atoms with Gasteiger partial charge in [0.05, 0.1) is 6.20 Å². The van der Waals surface area contributed by atoms with E-state index in [1.165, 1.54) is 26.0 Å². The summed E-state index contributed by atoms with van der Waals surface area (Å²) in [6, 6.07) is 4.54. The number of hydrogen-bond acceptors (Lipinski definition) is 8. The molecule has 2 aromatic heterocycles. The minimum Gasteiger partial charge on any atom is -0.402 e. The number of aryl methyl sites for hydroxylation is 2. The normalized spacial score (nSPS) is 11.6. The number of nitrogens with one attached hydrogen (secondary N) is 2. The molecule has 188 valence electrons. The highest BCUT2D eigenvalue weighted by Crippen LogP contribution is 2.27. The summed E-state index contributed by atoms with van der Waals surface area (Å²) in [7, 11) is 0. The van der Waals surface area contributed by atoms with Crippen molar-refractivity contribution in [3.63, 3.8) is 0 Å². The molecule has 2 N–H and O–H groups in total. The maximum absolute atomic E-state index is 14.5. The smallest absolute Gasteiger partial charge is 0.402 e. The van der Waals surface area contributed by atoms with Gasteiger partial charge in [-0.3, -0.25) is 0 Å². The summed E-state index contributed by atoms with van der Waals surface area (Å²) >= 11 is 0. The van der Waals surface area contributed by atoms with Gasteiger partial charge in [-0.05, 0) is 43.2 Å². The first-order valence-electron chi connectivity index (χ1n) is 9.81. The van der Waals surface area contributed by atoms with E-state index in [-0.39, 0.29) is 16.4 Å². The lowest BCUT2D eigenvalue weighted by Crippen LogP contribution is -2.36. The Morgan fingerprint density at radius 3 is 2.28 bits per heavy atom. The highest BCUT2D eigenvalue weighted by Gasteiger charge is 2.42. The maximum Gasteiger partial charge on any atom is 0.493 e. The Balaban J connectivity index is 1.67. The average Bonchev–Trinajstić information content (AvgIpc) is 3.09. The standard InChI is InChI=1S/C21H13F6N5O4/c1-8-3-10(4-9(2)15(8)24)30-19-28-7-13(23)17(31-19)29-11-5-12(22)16-14(6-11)32(20(34)35-16)36-18(33)21(25,26)27/h3-7H,1-2H3,(H2,28,29,30,31). The molecule has 0 saturated carbocycles. The van der Waals surface area contributed by atoms with Gasteiger partial charge in [0.15, 0.2) is 23.0 Å². The van der Waals surface area contributed by atoms with Crippen LogP contribution in [-0.4, -0.2) is 26.8 Å². The Kier molecular flexibility index (Phi) is 6.07.